The zero-order valence-electron chi connectivity index (χ0n) is 16.9. The minimum atomic E-state index is -4.53. The number of halogens is 8. The highest BCUT2D eigenvalue weighted by Crippen LogP contribution is 2.31. The van der Waals surface area contributed by atoms with E-state index in [2.05, 4.69) is 41.8 Å². The Balaban J connectivity index is 1.51. The summed E-state index contributed by atoms with van der Waals surface area (Å²) in [6, 6.07) is 4.34. The third kappa shape index (κ3) is 4.99. The van der Waals surface area contributed by atoms with E-state index in [4.69, 9.17) is 0 Å². The van der Waals surface area contributed by atoms with Crippen molar-refractivity contribution in [2.75, 3.05) is 0 Å². The number of ketones is 1. The Labute approximate surface area is 205 Å². The largest absolute Gasteiger partial charge is 0.417 e. The van der Waals surface area contributed by atoms with Gasteiger partial charge in [0.05, 0.1) is 20.8 Å². The highest BCUT2D eigenvalue weighted by atomic mass is 79.9. The van der Waals surface area contributed by atoms with Crippen LogP contribution in [0.5, 0.6) is 0 Å². The molecule has 0 aliphatic carbocycles. The zero-order chi connectivity index (χ0) is 24.8. The van der Waals surface area contributed by atoms with Gasteiger partial charge in [-0.25, -0.2) is 9.97 Å². The van der Waals surface area contributed by atoms with Gasteiger partial charge < -0.3 is 8.80 Å². The lowest BCUT2D eigenvalue weighted by atomic mass is 10.1. The summed E-state index contributed by atoms with van der Waals surface area (Å²) in [5.41, 5.74) is -0.309. The van der Waals surface area contributed by atoms with Crippen LogP contribution in [0.25, 0.3) is 11.3 Å². The summed E-state index contributed by atoms with van der Waals surface area (Å²) in [5.74, 6) is -0.330. The maximum atomic E-state index is 13.1. The van der Waals surface area contributed by atoms with Crippen LogP contribution in [0.15, 0.2) is 49.1 Å². The minimum absolute atomic E-state index is 0.0504. The Kier molecular flexibility index (Phi) is 6.53. The molecule has 4 aromatic rings. The fourth-order valence-electron chi connectivity index (χ4n) is 3.46. The van der Waals surface area contributed by atoms with Crippen LogP contribution in [0.4, 0.5) is 26.3 Å². The van der Waals surface area contributed by atoms with Crippen molar-refractivity contribution < 1.29 is 31.1 Å². The van der Waals surface area contributed by atoms with Crippen LogP contribution in [0, 0.1) is 0 Å². The molecule has 180 valence electrons. The number of nitrogens with zero attached hydrogens (tertiary/aromatic N) is 4. The Hall–Kier alpha value is -2.41. The molecule has 2 unspecified atom stereocenters. The SMILES string of the molecule is O=C(C(Br)Cc1cnc2ccc(C(F)(F)F)cn12)C(Br)Cc1cnc2ccc(C(F)(F)F)cn12. The number of hydrogen-bond acceptors (Lipinski definition) is 3. The molecule has 0 fully saturated rings. The topological polar surface area (TPSA) is 51.7 Å². The average molecular weight is 612 g/mol. The summed E-state index contributed by atoms with van der Waals surface area (Å²) in [7, 11) is 0. The van der Waals surface area contributed by atoms with Crippen LogP contribution in [-0.4, -0.2) is 34.2 Å². The quantitative estimate of drug-likeness (QED) is 0.202. The van der Waals surface area contributed by atoms with Gasteiger partial charge in [-0.1, -0.05) is 31.9 Å². The normalized spacial score (nSPS) is 14.6. The Bertz CT molecular complexity index is 1260. The average Bonchev–Trinajstić information content (AvgIpc) is 3.35. The van der Waals surface area contributed by atoms with Crippen molar-refractivity contribution in [3.8, 4) is 0 Å². The van der Waals surface area contributed by atoms with E-state index in [0.717, 1.165) is 24.5 Å². The van der Waals surface area contributed by atoms with E-state index in [9.17, 15) is 31.1 Å². The molecule has 5 nitrogen and oxygen atoms in total. The predicted molar refractivity (Wildman–Crippen MR) is 118 cm³/mol. The van der Waals surface area contributed by atoms with E-state index in [1.54, 1.807) is 0 Å². The zero-order valence-corrected chi connectivity index (χ0v) is 20.1. The number of Topliss-reactive ketones (excluding diaryl/α,β-unsaturated/α-hetero) is 1. The number of imidazole rings is 2. The van der Waals surface area contributed by atoms with Gasteiger partial charge in [0.25, 0.3) is 0 Å². The summed E-state index contributed by atoms with van der Waals surface area (Å²) in [6.07, 6.45) is -4.33. The molecule has 0 saturated heterocycles. The van der Waals surface area contributed by atoms with Crippen LogP contribution in [-0.2, 0) is 30.0 Å². The molecule has 13 heteroatoms. The van der Waals surface area contributed by atoms with Crippen molar-refractivity contribution in [2.45, 2.75) is 34.8 Å². The van der Waals surface area contributed by atoms with Gasteiger partial charge in [-0.15, -0.1) is 0 Å². The molecular weight excluding hydrogens is 598 g/mol. The van der Waals surface area contributed by atoms with Crippen molar-refractivity contribution in [2.24, 2.45) is 0 Å². The number of rotatable bonds is 6. The van der Waals surface area contributed by atoms with E-state index in [1.807, 2.05) is 0 Å². The highest BCUT2D eigenvalue weighted by molar-refractivity contribution is 9.10. The van der Waals surface area contributed by atoms with Gasteiger partial charge in [0.1, 0.15) is 11.3 Å². The van der Waals surface area contributed by atoms with Crippen molar-refractivity contribution in [1.29, 1.82) is 0 Å². The summed E-state index contributed by atoms with van der Waals surface area (Å²) in [5, 5.41) is 0. The second-order valence-electron chi connectivity index (χ2n) is 7.53. The van der Waals surface area contributed by atoms with Crippen molar-refractivity contribution in [3.05, 3.63) is 71.6 Å². The molecule has 0 aliphatic rings. The van der Waals surface area contributed by atoms with Crippen LogP contribution in [0.2, 0.25) is 0 Å². The van der Waals surface area contributed by atoms with E-state index in [-0.39, 0.29) is 18.6 Å². The van der Waals surface area contributed by atoms with Crippen molar-refractivity contribution in [3.63, 3.8) is 0 Å². The summed E-state index contributed by atoms with van der Waals surface area (Å²) >= 11 is 6.57. The summed E-state index contributed by atoms with van der Waals surface area (Å²) in [4.78, 5) is 19.5. The van der Waals surface area contributed by atoms with Crippen LogP contribution < -0.4 is 0 Å². The minimum Gasteiger partial charge on any atom is -0.303 e. The molecule has 2 atom stereocenters. The van der Waals surface area contributed by atoms with E-state index >= 15 is 0 Å². The molecule has 34 heavy (non-hydrogen) atoms. The third-order valence-corrected chi connectivity index (χ3v) is 6.76. The number of carbonyl (C=O) groups excluding carboxylic acids is 1. The molecule has 0 saturated carbocycles. The van der Waals surface area contributed by atoms with Gasteiger partial charge in [0.15, 0.2) is 5.78 Å². The monoisotopic (exact) mass is 610 g/mol. The molecule has 4 rings (SSSR count). The van der Waals surface area contributed by atoms with Gasteiger partial charge in [0.2, 0.25) is 0 Å². The number of alkyl halides is 8. The molecule has 0 bridgehead atoms. The van der Waals surface area contributed by atoms with Crippen molar-refractivity contribution >= 4 is 48.9 Å². The molecule has 0 aromatic carbocycles. The lowest BCUT2D eigenvalue weighted by Crippen LogP contribution is -2.28. The molecule has 0 spiro atoms. The molecular formula is C21H14Br2F6N4O. The molecule has 4 aromatic heterocycles. The maximum Gasteiger partial charge on any atom is 0.417 e. The lowest BCUT2D eigenvalue weighted by Gasteiger charge is -2.15. The first-order chi connectivity index (χ1) is 15.8. The van der Waals surface area contributed by atoms with E-state index in [0.29, 0.717) is 22.7 Å². The second-order valence-corrected chi connectivity index (χ2v) is 9.74. The molecule has 4 heterocycles. The summed E-state index contributed by atoms with van der Waals surface area (Å²) in [6.45, 7) is 0. The van der Waals surface area contributed by atoms with Crippen molar-refractivity contribution in [1.82, 2.24) is 18.8 Å². The maximum absolute atomic E-state index is 13.1. The number of hydrogen-bond donors (Lipinski definition) is 0. The van der Waals surface area contributed by atoms with E-state index < -0.39 is 33.1 Å². The van der Waals surface area contributed by atoms with E-state index in [1.165, 1.54) is 33.3 Å². The standard InChI is InChI=1S/C21H14Br2F6N4O/c22-15(5-13-7-30-17-3-1-11(9-32(13)17)20(24,25)26)19(34)16(23)6-14-8-31-18-4-2-12(10-33(14)18)21(27,28)29/h1-4,7-10,15-16H,5-6H2. The fourth-order valence-corrected chi connectivity index (χ4v) is 5.12. The van der Waals surface area contributed by atoms with Gasteiger partial charge in [-0.2, -0.15) is 26.3 Å². The lowest BCUT2D eigenvalue weighted by molar-refractivity contribution is -0.138. The van der Waals surface area contributed by atoms with Crippen LogP contribution in [0.1, 0.15) is 22.5 Å². The smallest absolute Gasteiger partial charge is 0.303 e. The molecule has 0 amide bonds. The number of aromatic nitrogens is 4. The third-order valence-electron chi connectivity index (χ3n) is 5.21. The fraction of sp³-hybridized carbons (Fsp3) is 0.286. The summed E-state index contributed by atoms with van der Waals surface area (Å²) < 4.78 is 80.9. The molecule has 0 N–H and O–H groups in total. The Morgan fingerprint density at radius 1 is 0.765 bits per heavy atom. The Morgan fingerprint density at radius 2 is 1.15 bits per heavy atom. The van der Waals surface area contributed by atoms with Gasteiger partial charge in [-0.3, -0.25) is 4.79 Å². The van der Waals surface area contributed by atoms with Crippen LogP contribution in [0.3, 0.4) is 0 Å². The highest BCUT2D eigenvalue weighted by Gasteiger charge is 2.32. The first-order valence-electron chi connectivity index (χ1n) is 9.73. The van der Waals surface area contributed by atoms with Gasteiger partial charge in [0, 0.05) is 49.0 Å². The Morgan fingerprint density at radius 3 is 1.50 bits per heavy atom. The first-order valence-corrected chi connectivity index (χ1v) is 11.6. The van der Waals surface area contributed by atoms with Crippen LogP contribution >= 0.6 is 31.9 Å². The number of fused-ring (bicyclic) bond motifs is 2. The molecule has 0 radical (unpaired) electrons. The van der Waals surface area contributed by atoms with Gasteiger partial charge >= 0.3 is 12.4 Å². The van der Waals surface area contributed by atoms with Gasteiger partial charge in [-0.05, 0) is 24.3 Å². The predicted octanol–water partition coefficient (Wildman–Crippen LogP) is 5.90. The molecule has 0 aliphatic heterocycles. The number of carbonyl (C=O) groups is 1. The second kappa shape index (κ2) is 8.99. The number of pyridine rings is 2. The first kappa shape index (κ1) is 24.7.